The number of aliphatic hydroxyl groups is 1. The molecule has 0 radical (unpaired) electrons. The third-order valence-corrected chi connectivity index (χ3v) is 4.89. The van der Waals surface area contributed by atoms with E-state index in [0.717, 1.165) is 0 Å². The Morgan fingerprint density at radius 2 is 2.04 bits per heavy atom. The van der Waals surface area contributed by atoms with Crippen LogP contribution in [-0.4, -0.2) is 55.4 Å². The van der Waals surface area contributed by atoms with Gasteiger partial charge in [-0.3, -0.25) is 14.0 Å². The Bertz CT molecular complexity index is 726. The summed E-state index contributed by atoms with van der Waals surface area (Å²) in [5.74, 6) is -1.41. The van der Waals surface area contributed by atoms with E-state index in [0.29, 0.717) is 5.56 Å². The molecule has 0 saturated carbocycles. The van der Waals surface area contributed by atoms with Gasteiger partial charge in [0, 0.05) is 36.8 Å². The van der Waals surface area contributed by atoms with E-state index in [9.17, 15) is 23.1 Å². The quantitative estimate of drug-likeness (QED) is 0.294. The molecule has 1 heterocycles. The summed E-state index contributed by atoms with van der Waals surface area (Å²) in [5, 5.41) is 12.7. The largest absolute Gasteiger partial charge is 0.459 e. The van der Waals surface area contributed by atoms with Crippen molar-refractivity contribution < 1.29 is 32.0 Å². The van der Waals surface area contributed by atoms with Crippen LogP contribution in [0.2, 0.25) is 0 Å². The summed E-state index contributed by atoms with van der Waals surface area (Å²) in [5.41, 5.74) is -0.523. The summed E-state index contributed by atoms with van der Waals surface area (Å²) in [4.78, 5) is 26.7. The van der Waals surface area contributed by atoms with Crippen molar-refractivity contribution in [2.75, 3.05) is 18.9 Å². The van der Waals surface area contributed by atoms with E-state index in [2.05, 4.69) is 10.3 Å². The second-order valence-corrected chi connectivity index (χ2v) is 8.48. The van der Waals surface area contributed by atoms with E-state index < -0.39 is 34.2 Å². The fraction of sp³-hybridized carbons (Fsp3) is 0.588. The molecule has 0 aliphatic rings. The number of aromatic nitrogens is 1. The van der Waals surface area contributed by atoms with Gasteiger partial charge in [-0.15, -0.1) is 12.4 Å². The van der Waals surface area contributed by atoms with Gasteiger partial charge < -0.3 is 15.2 Å². The molecule has 1 amide bonds. The normalized spacial score (nSPS) is 12.6. The first kappa shape index (κ1) is 26.2. The number of halogens is 1. The average Bonchev–Trinajstić information content (AvgIpc) is 2.62. The van der Waals surface area contributed by atoms with Crippen molar-refractivity contribution in [2.24, 2.45) is 5.41 Å². The van der Waals surface area contributed by atoms with Crippen molar-refractivity contribution in [1.82, 2.24) is 10.3 Å². The number of aliphatic hydroxyl groups excluding tert-OH is 1. The molecular formula is C17H27ClN2O7S. The third-order valence-electron chi connectivity index (χ3n) is 3.62. The first-order valence-corrected chi connectivity index (χ1v) is 9.96. The maximum Gasteiger partial charge on any atom is 0.335 e. The van der Waals surface area contributed by atoms with Gasteiger partial charge in [0.25, 0.3) is 10.1 Å². The summed E-state index contributed by atoms with van der Waals surface area (Å²) in [6, 6.07) is 3.41. The summed E-state index contributed by atoms with van der Waals surface area (Å²) in [7, 11) is -3.85. The highest BCUT2D eigenvalue weighted by Gasteiger charge is 2.36. The highest BCUT2D eigenvalue weighted by molar-refractivity contribution is 7.86. The van der Waals surface area contributed by atoms with Crippen molar-refractivity contribution in [2.45, 2.75) is 39.9 Å². The van der Waals surface area contributed by atoms with Crippen LogP contribution >= 0.6 is 12.4 Å². The SMILES string of the molecule is CC(=O)NCCCS(=O)(=O)OCC(C)(C)[C@@H](O)C(=O)OCc1cccnc1.Cl. The topological polar surface area (TPSA) is 132 Å². The Hall–Kier alpha value is -1.75. The van der Waals surface area contributed by atoms with Crippen molar-refractivity contribution in [3.63, 3.8) is 0 Å². The molecule has 1 aromatic heterocycles. The summed E-state index contributed by atoms with van der Waals surface area (Å²) in [6.45, 7) is 4.10. The van der Waals surface area contributed by atoms with E-state index in [4.69, 9.17) is 8.92 Å². The number of carbonyl (C=O) groups is 2. The molecule has 0 fully saturated rings. The molecule has 11 heteroatoms. The van der Waals surface area contributed by atoms with Crippen LogP contribution in [0.15, 0.2) is 24.5 Å². The molecule has 0 aromatic carbocycles. The van der Waals surface area contributed by atoms with Gasteiger partial charge in [0.15, 0.2) is 6.10 Å². The number of amides is 1. The number of nitrogens with zero attached hydrogens (tertiary/aromatic N) is 1. The molecule has 9 nitrogen and oxygen atoms in total. The molecule has 0 unspecified atom stereocenters. The first-order chi connectivity index (χ1) is 12.5. The Morgan fingerprint density at radius 1 is 1.36 bits per heavy atom. The minimum atomic E-state index is -3.85. The van der Waals surface area contributed by atoms with Crippen molar-refractivity contribution >= 4 is 34.4 Å². The maximum absolute atomic E-state index is 12.0. The van der Waals surface area contributed by atoms with E-state index in [1.165, 1.54) is 27.0 Å². The molecule has 28 heavy (non-hydrogen) atoms. The predicted molar refractivity (Wildman–Crippen MR) is 104 cm³/mol. The number of rotatable bonds is 11. The number of hydrogen-bond donors (Lipinski definition) is 2. The minimum Gasteiger partial charge on any atom is -0.459 e. The number of ether oxygens (including phenoxy) is 1. The third kappa shape index (κ3) is 9.98. The van der Waals surface area contributed by atoms with Crippen LogP contribution in [0.25, 0.3) is 0 Å². The molecule has 2 N–H and O–H groups in total. The van der Waals surface area contributed by atoms with Crippen LogP contribution in [0.5, 0.6) is 0 Å². The molecule has 1 aromatic rings. The van der Waals surface area contributed by atoms with Crippen LogP contribution in [0.3, 0.4) is 0 Å². The molecule has 1 atom stereocenters. The Kier molecular flexibility index (Phi) is 11.2. The number of nitrogens with one attached hydrogen (secondary N) is 1. The summed E-state index contributed by atoms with van der Waals surface area (Å²) >= 11 is 0. The molecule has 160 valence electrons. The molecule has 0 bridgehead atoms. The monoisotopic (exact) mass is 438 g/mol. The van der Waals surface area contributed by atoms with Gasteiger partial charge in [0.2, 0.25) is 5.91 Å². The lowest BCUT2D eigenvalue weighted by Gasteiger charge is -2.28. The fourth-order valence-corrected chi connectivity index (χ4v) is 3.03. The lowest BCUT2D eigenvalue weighted by Crippen LogP contribution is -2.41. The Morgan fingerprint density at radius 3 is 2.61 bits per heavy atom. The molecule has 0 saturated heterocycles. The Labute approximate surface area is 171 Å². The number of pyridine rings is 1. The lowest BCUT2D eigenvalue weighted by atomic mass is 9.88. The zero-order valence-electron chi connectivity index (χ0n) is 16.1. The number of carbonyl (C=O) groups excluding carboxylic acids is 2. The molecule has 0 spiro atoms. The summed E-state index contributed by atoms with van der Waals surface area (Å²) < 4.78 is 33.7. The zero-order valence-corrected chi connectivity index (χ0v) is 17.7. The minimum absolute atomic E-state index is 0. The molecule has 0 aliphatic heterocycles. The van der Waals surface area contributed by atoms with E-state index in [-0.39, 0.29) is 43.6 Å². The highest BCUT2D eigenvalue weighted by atomic mass is 35.5. The second-order valence-electron chi connectivity index (χ2n) is 6.72. The zero-order chi connectivity index (χ0) is 20.5. The van der Waals surface area contributed by atoms with Crippen LogP contribution in [0.1, 0.15) is 32.8 Å². The summed E-state index contributed by atoms with van der Waals surface area (Å²) in [6.07, 6.45) is 1.74. The molecule has 0 aliphatic carbocycles. The molecule has 1 rings (SSSR count). The maximum atomic E-state index is 12.0. The smallest absolute Gasteiger partial charge is 0.335 e. The van der Waals surface area contributed by atoms with Crippen molar-refractivity contribution in [3.05, 3.63) is 30.1 Å². The van der Waals surface area contributed by atoms with E-state index >= 15 is 0 Å². The van der Waals surface area contributed by atoms with E-state index in [1.807, 2.05) is 0 Å². The van der Waals surface area contributed by atoms with Crippen LogP contribution in [0, 0.1) is 5.41 Å². The second kappa shape index (κ2) is 11.9. The van der Waals surface area contributed by atoms with Gasteiger partial charge in [-0.2, -0.15) is 8.42 Å². The van der Waals surface area contributed by atoms with Crippen molar-refractivity contribution in [1.29, 1.82) is 0 Å². The van der Waals surface area contributed by atoms with Crippen molar-refractivity contribution in [3.8, 4) is 0 Å². The fourth-order valence-electron chi connectivity index (χ4n) is 1.93. The average molecular weight is 439 g/mol. The number of esters is 1. The van der Waals surface area contributed by atoms with Gasteiger partial charge in [0.05, 0.1) is 12.4 Å². The van der Waals surface area contributed by atoms with Gasteiger partial charge in [0.1, 0.15) is 6.61 Å². The predicted octanol–water partition coefficient (Wildman–Crippen LogP) is 0.806. The van der Waals surface area contributed by atoms with Gasteiger partial charge in [-0.1, -0.05) is 19.9 Å². The van der Waals surface area contributed by atoms with Crippen LogP contribution in [0.4, 0.5) is 0 Å². The standard InChI is InChI=1S/C17H26N2O7S.ClH/c1-13(20)19-8-5-9-27(23,24)26-12-17(2,3)15(21)16(22)25-11-14-6-4-7-18-10-14;/h4,6-7,10,15,21H,5,8-9,11-12H2,1-3H3,(H,19,20);1H/t15-;/m0./s1. The molecular weight excluding hydrogens is 412 g/mol. The van der Waals surface area contributed by atoms with E-state index in [1.54, 1.807) is 18.3 Å². The van der Waals surface area contributed by atoms with Gasteiger partial charge in [-0.05, 0) is 12.5 Å². The van der Waals surface area contributed by atoms with Gasteiger partial charge >= 0.3 is 5.97 Å². The van der Waals surface area contributed by atoms with Crippen LogP contribution in [-0.2, 0) is 35.2 Å². The lowest BCUT2D eigenvalue weighted by molar-refractivity contribution is -0.162. The Balaban J connectivity index is 0.00000729. The number of hydrogen-bond acceptors (Lipinski definition) is 8. The highest BCUT2D eigenvalue weighted by Crippen LogP contribution is 2.23. The van der Waals surface area contributed by atoms with Gasteiger partial charge in [-0.25, -0.2) is 4.79 Å². The van der Waals surface area contributed by atoms with Crippen LogP contribution < -0.4 is 5.32 Å². The first-order valence-electron chi connectivity index (χ1n) is 8.39.